The van der Waals surface area contributed by atoms with Crippen molar-refractivity contribution in [1.82, 2.24) is 9.55 Å². The van der Waals surface area contributed by atoms with Crippen LogP contribution in [0.5, 0.6) is 0 Å². The molecule has 1 saturated heterocycles. The first-order valence-electron chi connectivity index (χ1n) is 7.94. The second kappa shape index (κ2) is 8.88. The van der Waals surface area contributed by atoms with Gasteiger partial charge in [-0.15, -0.1) is 0 Å². The van der Waals surface area contributed by atoms with Crippen molar-refractivity contribution in [2.24, 2.45) is 0 Å². The quantitative estimate of drug-likeness (QED) is 0.392. The lowest BCUT2D eigenvalue weighted by Gasteiger charge is -2.18. The molecule has 2 heterocycles. The van der Waals surface area contributed by atoms with E-state index in [1.54, 1.807) is 6.92 Å². The maximum absolute atomic E-state index is 12.2. The highest BCUT2D eigenvalue weighted by Crippen LogP contribution is 2.28. The highest BCUT2D eigenvalue weighted by molar-refractivity contribution is 14.1. The first-order valence-corrected chi connectivity index (χ1v) is 9.02. The minimum Gasteiger partial charge on any atom is -0.449 e. The molecule has 1 aliphatic heterocycles. The van der Waals surface area contributed by atoms with Gasteiger partial charge in [0.15, 0.2) is 12.0 Å². The Labute approximate surface area is 162 Å². The lowest BCUT2D eigenvalue weighted by Crippen LogP contribution is -2.36. The molecule has 4 atom stereocenters. The zero-order valence-electron chi connectivity index (χ0n) is 14.2. The zero-order chi connectivity index (χ0) is 19.4. The third kappa shape index (κ3) is 4.99. The van der Waals surface area contributed by atoms with Crippen LogP contribution in [0.3, 0.4) is 0 Å². The smallest absolute Gasteiger partial charge is 0.412 e. The molecule has 144 valence electrons. The number of carbonyl (C=O) groups is 2. The molecular weight excluding hydrogens is 461 g/mol. The monoisotopic (exact) mass is 481 g/mol. The van der Waals surface area contributed by atoms with E-state index < -0.39 is 36.3 Å². The molecule has 26 heavy (non-hydrogen) atoms. The summed E-state index contributed by atoms with van der Waals surface area (Å²) in [6.45, 7) is 3.10. The van der Waals surface area contributed by atoms with Crippen molar-refractivity contribution in [2.75, 3.05) is 11.9 Å². The maximum atomic E-state index is 12.2. The number of Topliss-reactive ketones (excluding diaryl/α,β-unsaturated/α-hetero) is 1. The van der Waals surface area contributed by atoms with Crippen molar-refractivity contribution < 1.29 is 29.3 Å². The van der Waals surface area contributed by atoms with E-state index >= 15 is 0 Å². The van der Waals surface area contributed by atoms with Gasteiger partial charge in [0.05, 0.1) is 16.3 Å². The summed E-state index contributed by atoms with van der Waals surface area (Å²) >= 11 is 1.86. The van der Waals surface area contributed by atoms with Gasteiger partial charge in [-0.1, -0.05) is 0 Å². The average molecular weight is 481 g/mol. The van der Waals surface area contributed by atoms with Crippen LogP contribution in [-0.2, 0) is 14.3 Å². The first-order chi connectivity index (χ1) is 12.2. The van der Waals surface area contributed by atoms with Gasteiger partial charge in [-0.05, 0) is 42.9 Å². The van der Waals surface area contributed by atoms with Gasteiger partial charge in [0.1, 0.15) is 18.0 Å². The maximum Gasteiger partial charge on any atom is 0.412 e. The summed E-state index contributed by atoms with van der Waals surface area (Å²) in [6, 6.07) is 0. The summed E-state index contributed by atoms with van der Waals surface area (Å²) in [4.78, 5) is 38.5. The largest absolute Gasteiger partial charge is 0.449 e. The molecule has 1 aromatic heterocycles. The minimum absolute atomic E-state index is 0.00417. The Morgan fingerprint density at radius 3 is 2.69 bits per heavy atom. The number of carbonyl (C=O) groups excluding carboxylic acids is 2. The van der Waals surface area contributed by atoms with E-state index in [0.717, 1.165) is 4.57 Å². The Bertz CT molecular complexity index is 738. The molecule has 10 nitrogen and oxygen atoms in total. The van der Waals surface area contributed by atoms with Gasteiger partial charge in [0.25, 0.3) is 0 Å². The van der Waals surface area contributed by atoms with Gasteiger partial charge in [-0.25, -0.2) is 9.59 Å². The third-order valence-corrected chi connectivity index (χ3v) is 4.57. The summed E-state index contributed by atoms with van der Waals surface area (Å²) in [5.41, 5.74) is -0.761. The Kier molecular flexibility index (Phi) is 7.08. The second-order valence-corrected chi connectivity index (χ2v) is 7.07. The fourth-order valence-electron chi connectivity index (χ4n) is 2.39. The van der Waals surface area contributed by atoms with Crippen LogP contribution in [0.1, 0.15) is 32.9 Å². The molecule has 2 unspecified atom stereocenters. The molecule has 0 spiro atoms. The van der Waals surface area contributed by atoms with Crippen molar-refractivity contribution in [3.63, 3.8) is 0 Å². The number of hydrogen-bond acceptors (Lipinski definition) is 8. The minimum atomic E-state index is -1.27. The SMILES string of the molecule is CC(=O)CCCOC(=O)Nc1nc(=O)n([C@@H]2O[C@H](C)C(O)C2O)cc1I. The van der Waals surface area contributed by atoms with Crippen molar-refractivity contribution >= 4 is 40.3 Å². The summed E-state index contributed by atoms with van der Waals surface area (Å²) < 4.78 is 11.8. The van der Waals surface area contributed by atoms with E-state index in [4.69, 9.17) is 9.47 Å². The van der Waals surface area contributed by atoms with E-state index in [9.17, 15) is 24.6 Å². The summed E-state index contributed by atoms with van der Waals surface area (Å²) in [6.07, 6.45) is -2.81. The predicted octanol–water partition coefficient (Wildman–Crippen LogP) is 0.405. The molecule has 1 amide bonds. The number of aliphatic hydroxyl groups is 2. The molecule has 1 fully saturated rings. The number of rotatable bonds is 6. The van der Waals surface area contributed by atoms with Crippen molar-refractivity contribution in [3.05, 3.63) is 20.3 Å². The molecule has 1 aromatic rings. The Balaban J connectivity index is 2.04. The molecule has 2 rings (SSSR count). The van der Waals surface area contributed by atoms with Gasteiger partial charge in [0.2, 0.25) is 0 Å². The lowest BCUT2D eigenvalue weighted by atomic mass is 10.1. The number of nitrogens with one attached hydrogen (secondary N) is 1. The van der Waals surface area contributed by atoms with Crippen molar-refractivity contribution in [2.45, 2.75) is 51.2 Å². The van der Waals surface area contributed by atoms with Gasteiger partial charge < -0.3 is 24.5 Å². The summed E-state index contributed by atoms with van der Waals surface area (Å²) in [5, 5.41) is 22.1. The highest BCUT2D eigenvalue weighted by atomic mass is 127. The molecule has 0 saturated carbocycles. The number of aromatic nitrogens is 2. The molecule has 11 heteroatoms. The van der Waals surface area contributed by atoms with Crippen LogP contribution in [0.15, 0.2) is 11.0 Å². The third-order valence-electron chi connectivity index (χ3n) is 3.79. The number of halogens is 1. The fourth-order valence-corrected chi connectivity index (χ4v) is 2.95. The number of aliphatic hydroxyl groups excluding tert-OH is 2. The Morgan fingerprint density at radius 1 is 1.42 bits per heavy atom. The van der Waals surface area contributed by atoms with Crippen LogP contribution in [0.25, 0.3) is 0 Å². The molecule has 1 aliphatic rings. The molecule has 0 bridgehead atoms. The number of nitrogens with zero attached hydrogens (tertiary/aromatic N) is 2. The number of ketones is 1. The van der Waals surface area contributed by atoms with Gasteiger partial charge in [0, 0.05) is 12.6 Å². The van der Waals surface area contributed by atoms with Crippen LogP contribution >= 0.6 is 22.6 Å². The highest BCUT2D eigenvalue weighted by Gasteiger charge is 2.42. The Hall–Kier alpha value is -1.57. The normalized spacial score (nSPS) is 25.1. The topological polar surface area (TPSA) is 140 Å². The molecule has 0 radical (unpaired) electrons. The fraction of sp³-hybridized carbons (Fsp3) is 0.600. The van der Waals surface area contributed by atoms with Crippen LogP contribution in [-0.4, -0.2) is 56.6 Å². The molecule has 0 aromatic carbocycles. The standard InChI is InChI=1S/C15H20IN3O7/c1-7(20)4-3-5-25-15(24)18-12-9(16)6-19(14(23)17-12)13-11(22)10(21)8(2)26-13/h6,8,10-11,13,21-22H,3-5H2,1-2H3,(H,17,18,23,24)/t8-,10?,11?,13-/m1/s1. The summed E-state index contributed by atoms with van der Waals surface area (Å²) in [5.74, 6) is 0.00842. The Morgan fingerprint density at radius 2 is 2.12 bits per heavy atom. The van der Waals surface area contributed by atoms with Crippen molar-refractivity contribution in [3.8, 4) is 0 Å². The van der Waals surface area contributed by atoms with Crippen LogP contribution < -0.4 is 11.0 Å². The van der Waals surface area contributed by atoms with Crippen LogP contribution in [0.4, 0.5) is 10.6 Å². The van der Waals surface area contributed by atoms with Crippen molar-refractivity contribution in [1.29, 1.82) is 0 Å². The zero-order valence-corrected chi connectivity index (χ0v) is 16.4. The molecule has 0 aliphatic carbocycles. The second-order valence-electron chi connectivity index (χ2n) is 5.91. The van der Waals surface area contributed by atoms with E-state index in [2.05, 4.69) is 10.3 Å². The first kappa shape index (κ1) is 20.7. The molecule has 3 N–H and O–H groups in total. The van der Waals surface area contributed by atoms with Crippen LogP contribution in [0, 0.1) is 3.57 Å². The number of ether oxygens (including phenoxy) is 2. The number of hydrogen-bond donors (Lipinski definition) is 3. The molecular formula is C15H20IN3O7. The lowest BCUT2D eigenvalue weighted by molar-refractivity contribution is -0.117. The average Bonchev–Trinajstić information content (AvgIpc) is 2.82. The number of anilines is 1. The van der Waals surface area contributed by atoms with Gasteiger partial charge in [-0.2, -0.15) is 4.98 Å². The summed E-state index contributed by atoms with van der Waals surface area (Å²) in [7, 11) is 0. The van der Waals surface area contributed by atoms with Crippen LogP contribution in [0.2, 0.25) is 0 Å². The van der Waals surface area contributed by atoms with E-state index in [1.165, 1.54) is 13.1 Å². The van der Waals surface area contributed by atoms with Gasteiger partial charge >= 0.3 is 11.8 Å². The van der Waals surface area contributed by atoms with E-state index in [-0.39, 0.29) is 18.2 Å². The van der Waals surface area contributed by atoms with E-state index in [0.29, 0.717) is 16.4 Å². The number of amides is 1. The van der Waals surface area contributed by atoms with E-state index in [1.807, 2.05) is 22.6 Å². The predicted molar refractivity (Wildman–Crippen MR) is 97.7 cm³/mol. The van der Waals surface area contributed by atoms with Gasteiger partial charge in [-0.3, -0.25) is 9.88 Å².